The van der Waals surface area contributed by atoms with E-state index in [1.165, 1.54) is 11.3 Å². The molecule has 21 heavy (non-hydrogen) atoms. The van der Waals surface area contributed by atoms with Crippen LogP contribution in [0.5, 0.6) is 0 Å². The number of amides is 1. The maximum atomic E-state index is 11.8. The summed E-state index contributed by atoms with van der Waals surface area (Å²) in [6.07, 6.45) is 6.29. The van der Waals surface area contributed by atoms with E-state index >= 15 is 0 Å². The maximum absolute atomic E-state index is 11.8. The molecule has 0 aromatic carbocycles. The smallest absolute Gasteiger partial charge is 0.328 e. The lowest BCUT2D eigenvalue weighted by molar-refractivity contribution is -0.131. The van der Waals surface area contributed by atoms with E-state index in [0.717, 1.165) is 41.7 Å². The molecule has 0 saturated carbocycles. The molecule has 0 spiro atoms. The highest BCUT2D eigenvalue weighted by Gasteiger charge is 2.17. The third-order valence-corrected chi connectivity index (χ3v) is 4.27. The van der Waals surface area contributed by atoms with Crippen LogP contribution in [-0.2, 0) is 20.9 Å². The van der Waals surface area contributed by atoms with Gasteiger partial charge in [0.2, 0.25) is 5.91 Å². The Bertz CT molecular complexity index is 517. The van der Waals surface area contributed by atoms with E-state index in [1.54, 1.807) is 6.08 Å². The van der Waals surface area contributed by atoms with Gasteiger partial charge in [0.05, 0.1) is 19.1 Å². The van der Waals surface area contributed by atoms with Crippen molar-refractivity contribution in [3.63, 3.8) is 0 Å². The summed E-state index contributed by atoms with van der Waals surface area (Å²) < 4.78 is 5.54. The molecular formula is C15H19NO4S. The summed E-state index contributed by atoms with van der Waals surface area (Å²) in [4.78, 5) is 24.1. The Morgan fingerprint density at radius 3 is 3.00 bits per heavy atom. The van der Waals surface area contributed by atoms with Gasteiger partial charge in [-0.3, -0.25) is 4.79 Å². The molecule has 2 heterocycles. The lowest BCUT2D eigenvalue weighted by atomic mass is 10.1. The number of carboxylic acids is 1. The molecule has 0 bridgehead atoms. The van der Waals surface area contributed by atoms with Crippen molar-refractivity contribution in [2.75, 3.05) is 6.61 Å². The molecule has 1 aromatic heterocycles. The molecule has 1 aliphatic heterocycles. The number of carboxylic acid groups (broad SMARTS) is 1. The molecule has 2 N–H and O–H groups in total. The predicted octanol–water partition coefficient (Wildman–Crippen LogP) is 2.42. The average Bonchev–Trinajstić information content (AvgIpc) is 2.92. The Morgan fingerprint density at radius 1 is 1.43 bits per heavy atom. The highest BCUT2D eigenvalue weighted by molar-refractivity contribution is 7.12. The lowest BCUT2D eigenvalue weighted by Gasteiger charge is -2.21. The Morgan fingerprint density at radius 2 is 2.29 bits per heavy atom. The van der Waals surface area contributed by atoms with Gasteiger partial charge in [0, 0.05) is 22.4 Å². The normalized spacial score (nSPS) is 18.8. The van der Waals surface area contributed by atoms with Crippen molar-refractivity contribution in [1.82, 2.24) is 5.32 Å². The van der Waals surface area contributed by atoms with Gasteiger partial charge < -0.3 is 15.2 Å². The highest BCUT2D eigenvalue weighted by atomic mass is 32.1. The molecule has 2 rings (SSSR count). The van der Waals surface area contributed by atoms with Crippen LogP contribution in [0.1, 0.15) is 35.4 Å². The van der Waals surface area contributed by atoms with Crippen molar-refractivity contribution in [2.24, 2.45) is 0 Å². The van der Waals surface area contributed by atoms with E-state index in [1.807, 2.05) is 12.1 Å². The first kappa shape index (κ1) is 15.7. The summed E-state index contributed by atoms with van der Waals surface area (Å²) in [5.41, 5.74) is 0. The van der Waals surface area contributed by atoms with E-state index in [4.69, 9.17) is 9.84 Å². The van der Waals surface area contributed by atoms with Gasteiger partial charge in [-0.15, -0.1) is 11.3 Å². The molecule has 1 aromatic rings. The van der Waals surface area contributed by atoms with Gasteiger partial charge in [0.15, 0.2) is 0 Å². The zero-order valence-electron chi connectivity index (χ0n) is 11.7. The molecule has 114 valence electrons. The van der Waals surface area contributed by atoms with Gasteiger partial charge in [0.25, 0.3) is 0 Å². The number of nitrogens with one attached hydrogen (secondary N) is 1. The zero-order valence-corrected chi connectivity index (χ0v) is 12.5. The van der Waals surface area contributed by atoms with Gasteiger partial charge in [-0.05, 0) is 37.5 Å². The maximum Gasteiger partial charge on any atom is 0.328 e. The quantitative estimate of drug-likeness (QED) is 0.791. The average molecular weight is 309 g/mol. The number of thiophene rings is 1. The summed E-state index contributed by atoms with van der Waals surface area (Å²) in [7, 11) is 0. The number of hydrogen-bond acceptors (Lipinski definition) is 4. The molecule has 5 nitrogen and oxygen atoms in total. The number of carbonyl (C=O) groups is 2. The predicted molar refractivity (Wildman–Crippen MR) is 81.0 cm³/mol. The van der Waals surface area contributed by atoms with Crippen LogP contribution in [0.25, 0.3) is 6.08 Å². The molecule has 1 amide bonds. The zero-order chi connectivity index (χ0) is 15.1. The minimum Gasteiger partial charge on any atom is -0.478 e. The van der Waals surface area contributed by atoms with Crippen molar-refractivity contribution in [2.45, 2.75) is 38.3 Å². The molecular weight excluding hydrogens is 290 g/mol. The molecule has 1 unspecified atom stereocenters. The summed E-state index contributed by atoms with van der Waals surface area (Å²) in [5.74, 6) is -0.969. The van der Waals surface area contributed by atoms with Crippen LogP contribution in [0, 0.1) is 0 Å². The Balaban J connectivity index is 1.74. The van der Waals surface area contributed by atoms with Gasteiger partial charge in [0.1, 0.15) is 0 Å². The van der Waals surface area contributed by atoms with Crippen LogP contribution in [-0.4, -0.2) is 29.7 Å². The summed E-state index contributed by atoms with van der Waals surface area (Å²) in [6, 6.07) is 3.74. The van der Waals surface area contributed by atoms with E-state index in [2.05, 4.69) is 5.32 Å². The molecule has 0 aliphatic carbocycles. The van der Waals surface area contributed by atoms with Crippen LogP contribution in [0.3, 0.4) is 0 Å². The summed E-state index contributed by atoms with van der Waals surface area (Å²) in [5, 5.41) is 11.4. The lowest BCUT2D eigenvalue weighted by Crippen LogP contribution is -2.29. The Labute approximate surface area is 127 Å². The third kappa shape index (κ3) is 5.69. The van der Waals surface area contributed by atoms with Crippen molar-refractivity contribution >= 4 is 29.3 Å². The second-order valence-electron chi connectivity index (χ2n) is 4.95. The van der Waals surface area contributed by atoms with E-state index < -0.39 is 5.97 Å². The molecule has 6 heteroatoms. The highest BCUT2D eigenvalue weighted by Crippen LogP contribution is 2.18. The second-order valence-corrected chi connectivity index (χ2v) is 6.14. The first-order chi connectivity index (χ1) is 10.1. The SMILES string of the molecule is O=C(O)/C=C/c1ccc(CNC(=O)CC2CCCCO2)s1. The molecule has 1 saturated heterocycles. The van der Waals surface area contributed by atoms with Crippen LogP contribution in [0.15, 0.2) is 18.2 Å². The van der Waals surface area contributed by atoms with Gasteiger partial charge in [-0.1, -0.05) is 0 Å². The minimum absolute atomic E-state index is 0.00192. The van der Waals surface area contributed by atoms with E-state index in [9.17, 15) is 9.59 Å². The van der Waals surface area contributed by atoms with Gasteiger partial charge >= 0.3 is 5.97 Å². The fourth-order valence-corrected chi connectivity index (χ4v) is 3.02. The number of ether oxygens (including phenoxy) is 1. The largest absolute Gasteiger partial charge is 0.478 e. The van der Waals surface area contributed by atoms with Gasteiger partial charge in [-0.25, -0.2) is 4.79 Å². The van der Waals surface area contributed by atoms with Crippen molar-refractivity contribution in [1.29, 1.82) is 0 Å². The molecule has 1 fully saturated rings. The fraction of sp³-hybridized carbons (Fsp3) is 0.467. The Hall–Kier alpha value is -1.66. The number of aliphatic carboxylic acids is 1. The van der Waals surface area contributed by atoms with E-state index in [-0.39, 0.29) is 12.0 Å². The molecule has 0 radical (unpaired) electrons. The Kier molecular flexibility index (Phi) is 5.95. The number of hydrogen-bond donors (Lipinski definition) is 2. The monoisotopic (exact) mass is 309 g/mol. The first-order valence-corrected chi connectivity index (χ1v) is 7.83. The van der Waals surface area contributed by atoms with Gasteiger partial charge in [-0.2, -0.15) is 0 Å². The third-order valence-electron chi connectivity index (χ3n) is 3.22. The fourth-order valence-electron chi connectivity index (χ4n) is 2.17. The van der Waals surface area contributed by atoms with Crippen LogP contribution >= 0.6 is 11.3 Å². The van der Waals surface area contributed by atoms with E-state index in [0.29, 0.717) is 13.0 Å². The summed E-state index contributed by atoms with van der Waals surface area (Å²) in [6.45, 7) is 1.22. The minimum atomic E-state index is -0.967. The number of carbonyl (C=O) groups excluding carboxylic acids is 1. The summed E-state index contributed by atoms with van der Waals surface area (Å²) >= 11 is 1.47. The molecule has 1 aliphatic rings. The van der Waals surface area contributed by atoms with Crippen molar-refractivity contribution in [3.05, 3.63) is 28.0 Å². The standard InChI is InChI=1S/C15H19NO4S/c17-14(9-11-3-1-2-8-20-11)16-10-13-5-4-12(21-13)6-7-15(18)19/h4-7,11H,1-3,8-10H2,(H,16,17)(H,18,19)/b7-6+. The second kappa shape index (κ2) is 7.95. The number of rotatable bonds is 6. The topological polar surface area (TPSA) is 75.6 Å². The van der Waals surface area contributed by atoms with Crippen molar-refractivity contribution in [3.8, 4) is 0 Å². The van der Waals surface area contributed by atoms with Crippen molar-refractivity contribution < 1.29 is 19.4 Å². The molecule has 1 atom stereocenters. The van der Waals surface area contributed by atoms with Crippen LogP contribution < -0.4 is 5.32 Å². The first-order valence-electron chi connectivity index (χ1n) is 7.01. The van der Waals surface area contributed by atoms with Crippen LogP contribution in [0.2, 0.25) is 0 Å². The van der Waals surface area contributed by atoms with Crippen LogP contribution in [0.4, 0.5) is 0 Å².